The molecule has 1 amide bonds. The van der Waals surface area contributed by atoms with E-state index in [2.05, 4.69) is 5.32 Å². The van der Waals surface area contributed by atoms with E-state index in [1.807, 2.05) is 36.4 Å². The van der Waals surface area contributed by atoms with Crippen LogP contribution in [0.3, 0.4) is 0 Å². The molecule has 0 fully saturated rings. The predicted molar refractivity (Wildman–Crippen MR) is 100 cm³/mol. The molecule has 5 nitrogen and oxygen atoms in total. The Morgan fingerprint density at radius 2 is 1.72 bits per heavy atom. The van der Waals surface area contributed by atoms with Crippen molar-refractivity contribution in [3.63, 3.8) is 0 Å². The van der Waals surface area contributed by atoms with Crippen molar-refractivity contribution in [3.05, 3.63) is 65.7 Å². The number of carbonyl (C=O) groups excluding carboxylic acids is 2. The Labute approximate surface area is 154 Å². The highest BCUT2D eigenvalue weighted by Gasteiger charge is 2.23. The first-order chi connectivity index (χ1) is 11.6. The number of aryl methyl sites for hydroxylation is 1. The van der Waals surface area contributed by atoms with Crippen molar-refractivity contribution in [2.24, 2.45) is 0 Å². The Morgan fingerprint density at radius 3 is 2.36 bits per heavy atom. The molecule has 2 rings (SSSR count). The second kappa shape index (κ2) is 10.4. The SMILES string of the molecule is CCOC(=O)[C@H](NC(=O)CCc1ccccc1N)c1ccccc1.Cl. The van der Waals surface area contributed by atoms with Crippen LogP contribution in [0.25, 0.3) is 0 Å². The summed E-state index contributed by atoms with van der Waals surface area (Å²) in [6.07, 6.45) is 0.764. The molecular weight excluding hydrogens is 340 g/mol. The minimum absolute atomic E-state index is 0. The van der Waals surface area contributed by atoms with Gasteiger partial charge in [-0.2, -0.15) is 0 Å². The molecule has 134 valence electrons. The molecule has 0 spiro atoms. The third-order valence-electron chi connectivity index (χ3n) is 3.64. The van der Waals surface area contributed by atoms with Gasteiger partial charge in [0.2, 0.25) is 5.91 Å². The van der Waals surface area contributed by atoms with Gasteiger partial charge in [-0.15, -0.1) is 12.4 Å². The van der Waals surface area contributed by atoms with Gasteiger partial charge in [0.15, 0.2) is 6.04 Å². The van der Waals surface area contributed by atoms with E-state index < -0.39 is 12.0 Å². The van der Waals surface area contributed by atoms with Gasteiger partial charge in [0.25, 0.3) is 0 Å². The Kier molecular flexibility index (Phi) is 8.50. The summed E-state index contributed by atoms with van der Waals surface area (Å²) in [7, 11) is 0. The smallest absolute Gasteiger partial charge is 0.333 e. The standard InChI is InChI=1S/C19H22N2O3.ClH/c1-2-24-19(23)18(15-9-4-3-5-10-15)21-17(22)13-12-14-8-6-7-11-16(14)20;/h3-11,18H,2,12-13,20H2,1H3,(H,21,22);1H/t18-;/m1./s1. The van der Waals surface area contributed by atoms with E-state index in [4.69, 9.17) is 10.5 Å². The van der Waals surface area contributed by atoms with E-state index in [9.17, 15) is 9.59 Å². The topological polar surface area (TPSA) is 81.4 Å². The summed E-state index contributed by atoms with van der Waals surface area (Å²) < 4.78 is 5.07. The normalized spacial score (nSPS) is 11.1. The fourth-order valence-electron chi connectivity index (χ4n) is 2.39. The number of hydrogen-bond donors (Lipinski definition) is 2. The van der Waals surface area contributed by atoms with Crippen LogP contribution in [0.2, 0.25) is 0 Å². The Morgan fingerprint density at radius 1 is 1.08 bits per heavy atom. The summed E-state index contributed by atoms with van der Waals surface area (Å²) in [5, 5.41) is 2.75. The number of rotatable bonds is 7. The van der Waals surface area contributed by atoms with Crippen LogP contribution in [0.4, 0.5) is 5.69 Å². The van der Waals surface area contributed by atoms with Gasteiger partial charge in [0.1, 0.15) is 0 Å². The Balaban J connectivity index is 0.00000312. The van der Waals surface area contributed by atoms with Gasteiger partial charge in [-0.3, -0.25) is 4.79 Å². The first-order valence-electron chi connectivity index (χ1n) is 7.96. The number of hydrogen-bond acceptors (Lipinski definition) is 4. The second-order valence-electron chi connectivity index (χ2n) is 5.36. The average molecular weight is 363 g/mol. The second-order valence-corrected chi connectivity index (χ2v) is 5.36. The zero-order valence-corrected chi connectivity index (χ0v) is 14.9. The van der Waals surface area contributed by atoms with Crippen LogP contribution < -0.4 is 11.1 Å². The fourth-order valence-corrected chi connectivity index (χ4v) is 2.39. The number of nitrogens with one attached hydrogen (secondary N) is 1. The van der Waals surface area contributed by atoms with Crippen LogP contribution in [-0.4, -0.2) is 18.5 Å². The zero-order valence-electron chi connectivity index (χ0n) is 14.1. The van der Waals surface area contributed by atoms with Crippen molar-refractivity contribution in [3.8, 4) is 0 Å². The number of carbonyl (C=O) groups is 2. The average Bonchev–Trinajstić information content (AvgIpc) is 2.60. The van der Waals surface area contributed by atoms with Crippen LogP contribution in [0.1, 0.15) is 30.5 Å². The van der Waals surface area contributed by atoms with Crippen LogP contribution in [0, 0.1) is 0 Å². The molecule has 0 aliphatic rings. The van der Waals surface area contributed by atoms with Crippen molar-refractivity contribution < 1.29 is 14.3 Å². The molecular formula is C19H23ClN2O3. The summed E-state index contributed by atoms with van der Waals surface area (Å²) in [5.41, 5.74) is 8.16. The van der Waals surface area contributed by atoms with E-state index in [1.54, 1.807) is 25.1 Å². The number of halogens is 1. The largest absolute Gasteiger partial charge is 0.464 e. The molecule has 0 bridgehead atoms. The van der Waals surface area contributed by atoms with Crippen molar-refractivity contribution in [2.45, 2.75) is 25.8 Å². The first kappa shape index (κ1) is 20.5. The third kappa shape index (κ3) is 6.12. The van der Waals surface area contributed by atoms with Gasteiger partial charge in [0.05, 0.1) is 6.61 Å². The maximum absolute atomic E-state index is 12.3. The molecule has 25 heavy (non-hydrogen) atoms. The first-order valence-corrected chi connectivity index (χ1v) is 7.96. The van der Waals surface area contributed by atoms with Crippen molar-refractivity contribution in [2.75, 3.05) is 12.3 Å². The van der Waals surface area contributed by atoms with Gasteiger partial charge < -0.3 is 15.8 Å². The highest BCUT2D eigenvalue weighted by atomic mass is 35.5. The van der Waals surface area contributed by atoms with Crippen LogP contribution in [-0.2, 0) is 20.7 Å². The molecule has 0 saturated heterocycles. The van der Waals surface area contributed by atoms with Gasteiger partial charge >= 0.3 is 5.97 Å². The van der Waals surface area contributed by atoms with Crippen LogP contribution in [0.5, 0.6) is 0 Å². The van der Waals surface area contributed by atoms with E-state index in [1.165, 1.54) is 0 Å². The van der Waals surface area contributed by atoms with Crippen molar-refractivity contribution in [1.82, 2.24) is 5.32 Å². The number of para-hydroxylation sites is 1. The third-order valence-corrected chi connectivity index (χ3v) is 3.64. The van der Waals surface area contributed by atoms with Crippen molar-refractivity contribution in [1.29, 1.82) is 0 Å². The lowest BCUT2D eigenvalue weighted by atomic mass is 10.1. The molecule has 2 aromatic carbocycles. The van der Waals surface area contributed by atoms with E-state index in [0.717, 1.165) is 5.56 Å². The Hall–Kier alpha value is -2.53. The molecule has 0 aliphatic heterocycles. The Bertz CT molecular complexity index is 692. The molecule has 0 saturated carbocycles. The highest BCUT2D eigenvalue weighted by molar-refractivity contribution is 5.86. The number of anilines is 1. The maximum Gasteiger partial charge on any atom is 0.333 e. The molecule has 1 atom stereocenters. The molecule has 0 aliphatic carbocycles. The number of benzene rings is 2. The summed E-state index contributed by atoms with van der Waals surface area (Å²) in [6.45, 7) is 2.00. The van der Waals surface area contributed by atoms with E-state index in [-0.39, 0.29) is 31.3 Å². The molecule has 0 radical (unpaired) electrons. The molecule has 2 aromatic rings. The predicted octanol–water partition coefficient (Wildman–Crippen LogP) is 3.04. The van der Waals surface area contributed by atoms with Gasteiger partial charge in [-0.05, 0) is 30.5 Å². The quantitative estimate of drug-likeness (QED) is 0.586. The van der Waals surface area contributed by atoms with Crippen LogP contribution in [0.15, 0.2) is 54.6 Å². The number of nitrogen functional groups attached to an aromatic ring is 1. The zero-order chi connectivity index (χ0) is 17.4. The lowest BCUT2D eigenvalue weighted by Crippen LogP contribution is -2.35. The molecule has 0 aromatic heterocycles. The number of nitrogens with two attached hydrogens (primary N) is 1. The summed E-state index contributed by atoms with van der Waals surface area (Å²) in [5.74, 6) is -0.684. The van der Waals surface area contributed by atoms with Gasteiger partial charge in [-0.25, -0.2) is 4.79 Å². The molecule has 3 N–H and O–H groups in total. The lowest BCUT2D eigenvalue weighted by Gasteiger charge is -2.17. The number of amides is 1. The van der Waals surface area contributed by atoms with E-state index in [0.29, 0.717) is 17.7 Å². The van der Waals surface area contributed by atoms with Gasteiger partial charge in [-0.1, -0.05) is 48.5 Å². The van der Waals surface area contributed by atoms with Gasteiger partial charge in [0, 0.05) is 12.1 Å². The minimum atomic E-state index is -0.799. The monoisotopic (exact) mass is 362 g/mol. The van der Waals surface area contributed by atoms with Crippen molar-refractivity contribution >= 4 is 30.0 Å². The highest BCUT2D eigenvalue weighted by Crippen LogP contribution is 2.16. The fraction of sp³-hybridized carbons (Fsp3) is 0.263. The number of ether oxygens (including phenoxy) is 1. The molecule has 0 heterocycles. The minimum Gasteiger partial charge on any atom is -0.464 e. The summed E-state index contributed by atoms with van der Waals surface area (Å²) >= 11 is 0. The molecule has 6 heteroatoms. The summed E-state index contributed by atoms with van der Waals surface area (Å²) in [6, 6.07) is 15.7. The summed E-state index contributed by atoms with van der Waals surface area (Å²) in [4.78, 5) is 24.4. The number of esters is 1. The van der Waals surface area contributed by atoms with E-state index >= 15 is 0 Å². The lowest BCUT2D eigenvalue weighted by molar-refractivity contribution is -0.147. The molecule has 0 unspecified atom stereocenters. The van der Waals surface area contributed by atoms with Crippen LogP contribution >= 0.6 is 12.4 Å². The maximum atomic E-state index is 12.3.